The molecule has 34 heavy (non-hydrogen) atoms. The first-order valence-corrected chi connectivity index (χ1v) is 11.6. The zero-order chi connectivity index (χ0) is 24.1. The predicted molar refractivity (Wildman–Crippen MR) is 135 cm³/mol. The van der Waals surface area contributed by atoms with E-state index in [0.717, 1.165) is 4.47 Å². The molecule has 0 saturated heterocycles. The SMILES string of the molecule is CCOc1cc(C=Nn2c(CC)nc3ccccc3c2=O)ccc1OC(=O)c1ccc(Br)cc1. The van der Waals surface area contributed by atoms with Gasteiger partial charge in [0.1, 0.15) is 5.82 Å². The summed E-state index contributed by atoms with van der Waals surface area (Å²) >= 11 is 3.35. The van der Waals surface area contributed by atoms with Crippen LogP contribution in [0.2, 0.25) is 0 Å². The van der Waals surface area contributed by atoms with Gasteiger partial charge in [0, 0.05) is 10.9 Å². The molecule has 0 aliphatic rings. The van der Waals surface area contributed by atoms with E-state index in [2.05, 4.69) is 26.0 Å². The molecule has 0 fully saturated rings. The van der Waals surface area contributed by atoms with Gasteiger partial charge in [0.2, 0.25) is 0 Å². The molecule has 0 aliphatic carbocycles. The van der Waals surface area contributed by atoms with Crippen LogP contribution in [0.3, 0.4) is 0 Å². The fourth-order valence-corrected chi connectivity index (χ4v) is 3.61. The van der Waals surface area contributed by atoms with Gasteiger partial charge in [-0.05, 0) is 67.1 Å². The van der Waals surface area contributed by atoms with Gasteiger partial charge in [-0.2, -0.15) is 9.78 Å². The first-order valence-electron chi connectivity index (χ1n) is 10.8. The Bertz CT molecular complexity index is 1430. The zero-order valence-electron chi connectivity index (χ0n) is 18.7. The molecule has 0 radical (unpaired) electrons. The van der Waals surface area contributed by atoms with Gasteiger partial charge in [-0.15, -0.1) is 0 Å². The number of rotatable bonds is 7. The van der Waals surface area contributed by atoms with Gasteiger partial charge < -0.3 is 9.47 Å². The van der Waals surface area contributed by atoms with E-state index in [9.17, 15) is 9.59 Å². The van der Waals surface area contributed by atoms with Crippen molar-refractivity contribution in [3.8, 4) is 11.5 Å². The molecule has 1 aromatic heterocycles. The second-order valence-corrected chi connectivity index (χ2v) is 8.21. The lowest BCUT2D eigenvalue weighted by molar-refractivity contribution is 0.0728. The Morgan fingerprint density at radius 3 is 2.56 bits per heavy atom. The van der Waals surface area contributed by atoms with Crippen molar-refractivity contribution in [2.24, 2.45) is 5.10 Å². The third-order valence-corrected chi connectivity index (χ3v) is 5.54. The van der Waals surface area contributed by atoms with Gasteiger partial charge in [0.05, 0.1) is 29.3 Å². The number of ether oxygens (including phenoxy) is 2. The number of nitrogens with zero attached hydrogens (tertiary/aromatic N) is 3. The smallest absolute Gasteiger partial charge is 0.343 e. The first-order chi connectivity index (χ1) is 16.5. The van der Waals surface area contributed by atoms with E-state index in [-0.39, 0.29) is 5.56 Å². The number of esters is 1. The zero-order valence-corrected chi connectivity index (χ0v) is 20.3. The molecule has 8 heteroatoms. The number of aryl methyl sites for hydroxylation is 1. The Balaban J connectivity index is 1.64. The van der Waals surface area contributed by atoms with E-state index in [0.29, 0.717) is 52.4 Å². The monoisotopic (exact) mass is 519 g/mol. The summed E-state index contributed by atoms with van der Waals surface area (Å²) in [5.74, 6) is 0.767. The average molecular weight is 520 g/mol. The molecule has 0 bridgehead atoms. The molecule has 172 valence electrons. The van der Waals surface area contributed by atoms with Gasteiger partial charge in [0.25, 0.3) is 5.56 Å². The molecule has 0 atom stereocenters. The Hall–Kier alpha value is -3.78. The van der Waals surface area contributed by atoms with Crippen LogP contribution in [0.4, 0.5) is 0 Å². The fourth-order valence-electron chi connectivity index (χ4n) is 3.34. The van der Waals surface area contributed by atoms with Gasteiger partial charge in [-0.1, -0.05) is 35.0 Å². The van der Waals surface area contributed by atoms with Crippen LogP contribution >= 0.6 is 15.9 Å². The van der Waals surface area contributed by atoms with Gasteiger partial charge in [-0.3, -0.25) is 4.79 Å². The molecule has 7 nitrogen and oxygen atoms in total. The molecule has 0 aliphatic heterocycles. The lowest BCUT2D eigenvalue weighted by Gasteiger charge is -2.11. The largest absolute Gasteiger partial charge is 0.490 e. The number of hydrogen-bond donors (Lipinski definition) is 0. The van der Waals surface area contributed by atoms with Crippen LogP contribution in [0.5, 0.6) is 11.5 Å². The maximum atomic E-state index is 13.0. The lowest BCUT2D eigenvalue weighted by atomic mass is 10.2. The highest BCUT2D eigenvalue weighted by atomic mass is 79.9. The molecular weight excluding hydrogens is 498 g/mol. The van der Waals surface area contributed by atoms with E-state index < -0.39 is 5.97 Å². The van der Waals surface area contributed by atoms with Gasteiger partial charge in [-0.25, -0.2) is 9.78 Å². The van der Waals surface area contributed by atoms with Crippen molar-refractivity contribution in [2.75, 3.05) is 6.61 Å². The number of aromatic nitrogens is 2. The first kappa shape index (κ1) is 23.4. The molecule has 0 amide bonds. The van der Waals surface area contributed by atoms with E-state index in [1.54, 1.807) is 60.8 Å². The Kier molecular flexibility index (Phi) is 7.18. The van der Waals surface area contributed by atoms with Crippen molar-refractivity contribution in [2.45, 2.75) is 20.3 Å². The van der Waals surface area contributed by atoms with E-state index in [4.69, 9.17) is 9.47 Å². The number of hydrogen-bond acceptors (Lipinski definition) is 6. The van der Waals surface area contributed by atoms with Crippen molar-refractivity contribution in [3.05, 3.63) is 98.5 Å². The average Bonchev–Trinajstić information content (AvgIpc) is 2.85. The normalized spacial score (nSPS) is 11.1. The Labute approximate surface area is 204 Å². The fraction of sp³-hybridized carbons (Fsp3) is 0.154. The summed E-state index contributed by atoms with van der Waals surface area (Å²) < 4.78 is 13.4. The molecule has 1 heterocycles. The summed E-state index contributed by atoms with van der Waals surface area (Å²) in [6.07, 6.45) is 2.10. The minimum Gasteiger partial charge on any atom is -0.490 e. The summed E-state index contributed by atoms with van der Waals surface area (Å²) in [6, 6.07) is 19.2. The molecular formula is C26H22BrN3O4. The predicted octanol–water partition coefficient (Wildman–Crippen LogP) is 5.22. The van der Waals surface area contributed by atoms with Crippen LogP contribution < -0.4 is 15.0 Å². The molecule has 0 saturated carbocycles. The summed E-state index contributed by atoms with van der Waals surface area (Å²) in [5.41, 5.74) is 1.51. The van der Waals surface area contributed by atoms with Crippen LogP contribution in [-0.4, -0.2) is 28.5 Å². The number of benzene rings is 3. The van der Waals surface area contributed by atoms with Crippen LogP contribution in [0.25, 0.3) is 10.9 Å². The number of carbonyl (C=O) groups is 1. The second kappa shape index (κ2) is 10.4. The topological polar surface area (TPSA) is 82.8 Å². The maximum absolute atomic E-state index is 13.0. The van der Waals surface area contributed by atoms with Crippen LogP contribution in [0.1, 0.15) is 35.6 Å². The van der Waals surface area contributed by atoms with Crippen molar-refractivity contribution in [1.29, 1.82) is 0 Å². The molecule has 0 unspecified atom stereocenters. The van der Waals surface area contributed by atoms with Gasteiger partial charge in [0.15, 0.2) is 11.5 Å². The number of halogens is 1. The third-order valence-electron chi connectivity index (χ3n) is 5.01. The maximum Gasteiger partial charge on any atom is 0.343 e. The summed E-state index contributed by atoms with van der Waals surface area (Å²) in [7, 11) is 0. The third kappa shape index (κ3) is 5.07. The summed E-state index contributed by atoms with van der Waals surface area (Å²) in [6.45, 7) is 4.15. The summed E-state index contributed by atoms with van der Waals surface area (Å²) in [4.78, 5) is 30.0. The molecule has 3 aromatic carbocycles. The van der Waals surface area contributed by atoms with Crippen molar-refractivity contribution >= 4 is 39.0 Å². The minimum atomic E-state index is -0.490. The van der Waals surface area contributed by atoms with Crippen molar-refractivity contribution in [3.63, 3.8) is 0 Å². The quantitative estimate of drug-likeness (QED) is 0.190. The lowest BCUT2D eigenvalue weighted by Crippen LogP contribution is -2.22. The Morgan fingerprint density at radius 2 is 1.82 bits per heavy atom. The van der Waals surface area contributed by atoms with Gasteiger partial charge >= 0.3 is 5.97 Å². The Morgan fingerprint density at radius 1 is 1.06 bits per heavy atom. The van der Waals surface area contributed by atoms with E-state index >= 15 is 0 Å². The standard InChI is InChI=1S/C26H22BrN3O4/c1-3-24-29-21-8-6-5-7-20(21)25(31)30(24)28-16-17-9-14-22(23(15-17)33-4-2)34-26(32)18-10-12-19(27)13-11-18/h5-16H,3-4H2,1-2H3. The second-order valence-electron chi connectivity index (χ2n) is 7.30. The number of fused-ring (bicyclic) bond motifs is 1. The molecule has 4 rings (SSSR count). The summed E-state index contributed by atoms with van der Waals surface area (Å²) in [5, 5.41) is 4.90. The van der Waals surface area contributed by atoms with Crippen LogP contribution in [0, 0.1) is 0 Å². The van der Waals surface area contributed by atoms with Crippen molar-refractivity contribution in [1.82, 2.24) is 9.66 Å². The molecule has 0 N–H and O–H groups in total. The highest BCUT2D eigenvalue weighted by Crippen LogP contribution is 2.29. The molecule has 0 spiro atoms. The highest BCUT2D eigenvalue weighted by molar-refractivity contribution is 9.10. The van der Waals surface area contributed by atoms with Crippen molar-refractivity contribution < 1.29 is 14.3 Å². The number of para-hydroxylation sites is 1. The minimum absolute atomic E-state index is 0.233. The van der Waals surface area contributed by atoms with E-state index in [1.165, 1.54) is 4.68 Å². The number of carbonyl (C=O) groups excluding carboxylic acids is 1. The molecule has 4 aromatic rings. The highest BCUT2D eigenvalue weighted by Gasteiger charge is 2.14. The van der Waals surface area contributed by atoms with Crippen LogP contribution in [0.15, 0.2) is 81.1 Å². The van der Waals surface area contributed by atoms with E-state index in [1.807, 2.05) is 26.0 Å². The van der Waals surface area contributed by atoms with Crippen LogP contribution in [-0.2, 0) is 6.42 Å².